The minimum atomic E-state index is -0.122. The van der Waals surface area contributed by atoms with Crippen molar-refractivity contribution in [3.05, 3.63) is 30.1 Å². The molecule has 1 aromatic heterocycles. The summed E-state index contributed by atoms with van der Waals surface area (Å²) in [6, 6.07) is 8.29. The second kappa shape index (κ2) is 6.08. The summed E-state index contributed by atoms with van der Waals surface area (Å²) in [5.74, 6) is 9.15. The van der Waals surface area contributed by atoms with Crippen LogP contribution in [-0.2, 0) is 17.8 Å². The highest BCUT2D eigenvalue weighted by atomic mass is 16.2. The minimum Gasteiger partial charge on any atom is -0.327 e. The first-order chi connectivity index (χ1) is 12.6. The summed E-state index contributed by atoms with van der Waals surface area (Å²) in [5, 5.41) is 0. The Morgan fingerprint density at radius 1 is 1.15 bits per heavy atom. The van der Waals surface area contributed by atoms with Gasteiger partial charge in [-0.05, 0) is 73.8 Å². The molecule has 5 nitrogen and oxygen atoms in total. The number of aromatic nitrogens is 2. The standard InChI is InChI=1S/C21H28N4O/c22-24-20(26)5-6-25-18-4-2-1-3-17(18)23-19(25)13-21-10-14-7-15(11-21)9-16(8-14)12-21/h1-4,14-16H,5-13,22H2,(H,24,26). The molecule has 0 saturated heterocycles. The van der Waals surface area contributed by atoms with Gasteiger partial charge in [0.15, 0.2) is 0 Å². The molecule has 4 aliphatic carbocycles. The Hall–Kier alpha value is -1.88. The third-order valence-corrected chi connectivity index (χ3v) is 7.16. The quantitative estimate of drug-likeness (QED) is 0.493. The number of amides is 1. The van der Waals surface area contributed by atoms with E-state index in [1.54, 1.807) is 0 Å². The van der Waals surface area contributed by atoms with Gasteiger partial charge in [0.05, 0.1) is 11.0 Å². The molecule has 4 saturated carbocycles. The molecule has 26 heavy (non-hydrogen) atoms. The number of imidazole rings is 1. The van der Waals surface area contributed by atoms with Crippen LogP contribution in [0.1, 0.15) is 50.8 Å². The molecular weight excluding hydrogens is 324 g/mol. The molecule has 4 aliphatic rings. The number of carbonyl (C=O) groups is 1. The Morgan fingerprint density at radius 2 is 1.81 bits per heavy atom. The molecular formula is C21H28N4O. The Kier molecular flexibility index (Phi) is 3.82. The van der Waals surface area contributed by atoms with Gasteiger partial charge in [-0.25, -0.2) is 10.8 Å². The molecule has 0 atom stereocenters. The van der Waals surface area contributed by atoms with Crippen LogP contribution >= 0.6 is 0 Å². The summed E-state index contributed by atoms with van der Waals surface area (Å²) in [6.07, 6.45) is 9.99. The lowest BCUT2D eigenvalue weighted by Crippen LogP contribution is -2.47. The molecule has 0 radical (unpaired) electrons. The van der Waals surface area contributed by atoms with Gasteiger partial charge in [0, 0.05) is 19.4 Å². The van der Waals surface area contributed by atoms with Gasteiger partial charge in [-0.3, -0.25) is 10.2 Å². The van der Waals surface area contributed by atoms with Crippen molar-refractivity contribution in [2.75, 3.05) is 0 Å². The summed E-state index contributed by atoms with van der Waals surface area (Å²) in [5.41, 5.74) is 4.88. The summed E-state index contributed by atoms with van der Waals surface area (Å²) < 4.78 is 2.27. The average molecular weight is 352 g/mol. The molecule has 1 aromatic carbocycles. The first-order valence-electron chi connectivity index (χ1n) is 10.1. The third-order valence-electron chi connectivity index (χ3n) is 7.16. The lowest BCUT2D eigenvalue weighted by Gasteiger charge is -2.56. The molecule has 6 rings (SSSR count). The number of aryl methyl sites for hydroxylation is 1. The first kappa shape index (κ1) is 16.3. The van der Waals surface area contributed by atoms with Crippen molar-refractivity contribution in [3.8, 4) is 0 Å². The van der Waals surface area contributed by atoms with Crippen molar-refractivity contribution in [2.45, 2.75) is 57.9 Å². The van der Waals surface area contributed by atoms with Gasteiger partial charge in [0.1, 0.15) is 5.82 Å². The van der Waals surface area contributed by atoms with E-state index in [1.165, 1.54) is 38.5 Å². The van der Waals surface area contributed by atoms with Crippen LogP contribution in [0.25, 0.3) is 11.0 Å². The normalized spacial score (nSPS) is 32.3. The maximum absolute atomic E-state index is 11.7. The van der Waals surface area contributed by atoms with Crippen LogP contribution < -0.4 is 11.3 Å². The van der Waals surface area contributed by atoms with Gasteiger partial charge in [0.25, 0.3) is 0 Å². The molecule has 1 heterocycles. The zero-order chi connectivity index (χ0) is 17.7. The van der Waals surface area contributed by atoms with Gasteiger partial charge in [-0.15, -0.1) is 0 Å². The fourth-order valence-electron chi connectivity index (χ4n) is 6.64. The highest BCUT2D eigenvalue weighted by Crippen LogP contribution is 2.61. The Bertz CT molecular complexity index is 804. The molecule has 4 fully saturated rings. The first-order valence-corrected chi connectivity index (χ1v) is 10.1. The lowest BCUT2D eigenvalue weighted by molar-refractivity contribution is -0.121. The van der Waals surface area contributed by atoms with E-state index in [9.17, 15) is 4.79 Å². The molecule has 138 valence electrons. The second-order valence-electron chi connectivity index (χ2n) is 9.08. The highest BCUT2D eigenvalue weighted by Gasteiger charge is 2.51. The number of hydrogen-bond acceptors (Lipinski definition) is 3. The van der Waals surface area contributed by atoms with Crippen LogP contribution in [0.2, 0.25) is 0 Å². The van der Waals surface area contributed by atoms with Crippen LogP contribution in [0.5, 0.6) is 0 Å². The number of nitrogens with zero attached hydrogens (tertiary/aromatic N) is 2. The topological polar surface area (TPSA) is 72.9 Å². The molecule has 1 amide bonds. The predicted octanol–water partition coefficient (Wildman–Crippen LogP) is 3.18. The van der Waals surface area contributed by atoms with Crippen LogP contribution in [0.15, 0.2) is 24.3 Å². The van der Waals surface area contributed by atoms with Gasteiger partial charge >= 0.3 is 0 Å². The van der Waals surface area contributed by atoms with E-state index in [0.717, 1.165) is 41.0 Å². The van der Waals surface area contributed by atoms with E-state index in [2.05, 4.69) is 28.2 Å². The fourth-order valence-corrected chi connectivity index (χ4v) is 6.64. The fraction of sp³-hybridized carbons (Fsp3) is 0.619. The van der Waals surface area contributed by atoms with E-state index in [0.29, 0.717) is 18.4 Å². The zero-order valence-corrected chi connectivity index (χ0v) is 15.3. The summed E-state index contributed by atoms with van der Waals surface area (Å²) in [7, 11) is 0. The molecule has 0 unspecified atom stereocenters. The van der Waals surface area contributed by atoms with Crippen molar-refractivity contribution in [3.63, 3.8) is 0 Å². The van der Waals surface area contributed by atoms with Crippen molar-refractivity contribution < 1.29 is 4.79 Å². The molecule has 2 aromatic rings. The average Bonchev–Trinajstić information content (AvgIpc) is 2.94. The van der Waals surface area contributed by atoms with Crippen molar-refractivity contribution >= 4 is 16.9 Å². The van der Waals surface area contributed by atoms with Crippen LogP contribution in [0.4, 0.5) is 0 Å². The summed E-state index contributed by atoms with van der Waals surface area (Å²) >= 11 is 0. The third kappa shape index (κ3) is 2.73. The summed E-state index contributed by atoms with van der Waals surface area (Å²) in [4.78, 5) is 16.7. The number of rotatable bonds is 5. The molecule has 5 heteroatoms. The van der Waals surface area contributed by atoms with Crippen LogP contribution in [-0.4, -0.2) is 15.5 Å². The highest BCUT2D eigenvalue weighted by molar-refractivity contribution is 5.77. The Labute approximate surface area is 154 Å². The van der Waals surface area contributed by atoms with E-state index >= 15 is 0 Å². The number of nitrogens with two attached hydrogens (primary N) is 1. The van der Waals surface area contributed by atoms with Crippen molar-refractivity contribution in [2.24, 2.45) is 29.0 Å². The number of benzene rings is 1. The lowest BCUT2D eigenvalue weighted by atomic mass is 9.49. The number of hydrogen-bond donors (Lipinski definition) is 2. The van der Waals surface area contributed by atoms with Gasteiger partial charge in [-0.2, -0.15) is 0 Å². The molecule has 0 spiro atoms. The minimum absolute atomic E-state index is 0.122. The number of hydrazine groups is 1. The van der Waals surface area contributed by atoms with Gasteiger partial charge in [0.2, 0.25) is 5.91 Å². The largest absolute Gasteiger partial charge is 0.327 e. The molecule has 3 N–H and O–H groups in total. The zero-order valence-electron chi connectivity index (χ0n) is 15.3. The Morgan fingerprint density at radius 3 is 2.46 bits per heavy atom. The van der Waals surface area contributed by atoms with Gasteiger partial charge < -0.3 is 4.57 Å². The maximum Gasteiger partial charge on any atom is 0.235 e. The van der Waals surface area contributed by atoms with Crippen molar-refractivity contribution in [1.29, 1.82) is 0 Å². The van der Waals surface area contributed by atoms with E-state index in [4.69, 9.17) is 10.8 Å². The van der Waals surface area contributed by atoms with Crippen molar-refractivity contribution in [1.82, 2.24) is 15.0 Å². The SMILES string of the molecule is NNC(=O)CCn1c(CC23CC4CC(CC(C4)C2)C3)nc2ccccc21. The van der Waals surface area contributed by atoms with E-state index in [-0.39, 0.29) is 5.91 Å². The Balaban J connectivity index is 1.47. The van der Waals surface area contributed by atoms with E-state index in [1.807, 2.05) is 6.07 Å². The molecule has 0 aliphatic heterocycles. The maximum atomic E-state index is 11.7. The predicted molar refractivity (Wildman–Crippen MR) is 101 cm³/mol. The smallest absolute Gasteiger partial charge is 0.235 e. The monoisotopic (exact) mass is 352 g/mol. The van der Waals surface area contributed by atoms with Gasteiger partial charge in [-0.1, -0.05) is 12.1 Å². The summed E-state index contributed by atoms with van der Waals surface area (Å²) in [6.45, 7) is 0.644. The number of fused-ring (bicyclic) bond motifs is 1. The molecule has 4 bridgehead atoms. The van der Waals surface area contributed by atoms with Crippen LogP contribution in [0.3, 0.4) is 0 Å². The number of nitrogens with one attached hydrogen (secondary N) is 1. The van der Waals surface area contributed by atoms with Crippen LogP contribution in [0, 0.1) is 23.2 Å². The number of carbonyl (C=O) groups excluding carboxylic acids is 1. The second-order valence-corrected chi connectivity index (χ2v) is 9.08. The number of para-hydroxylation sites is 2. The van der Waals surface area contributed by atoms with E-state index < -0.39 is 0 Å².